The molecule has 1 fully saturated rings. The Morgan fingerprint density at radius 2 is 2.00 bits per heavy atom. The van der Waals surface area contributed by atoms with Crippen LogP contribution in [0.2, 0.25) is 0 Å². The number of amides is 2. The molecule has 0 saturated heterocycles. The third-order valence-corrected chi connectivity index (χ3v) is 5.92. The van der Waals surface area contributed by atoms with Crippen LogP contribution in [-0.4, -0.2) is 63.6 Å². The van der Waals surface area contributed by atoms with Gasteiger partial charge in [-0.3, -0.25) is 14.6 Å². The Morgan fingerprint density at radius 3 is 2.64 bits per heavy atom. The van der Waals surface area contributed by atoms with Crippen LogP contribution in [-0.2, 0) is 10.0 Å². The molecule has 0 bridgehead atoms. The van der Waals surface area contributed by atoms with Gasteiger partial charge < -0.3 is 9.64 Å². The number of hydrogen-bond acceptors (Lipinski definition) is 5. The van der Waals surface area contributed by atoms with Crippen molar-refractivity contribution < 1.29 is 17.9 Å². The van der Waals surface area contributed by atoms with E-state index >= 15 is 0 Å². The van der Waals surface area contributed by atoms with Gasteiger partial charge in [0.1, 0.15) is 5.75 Å². The standard InChI is InChI=1S/C19H28N4O4S/c1-22(15-7-5-4-6-8-15)19(24)23-12-17(20-13-23)14-9-10-18(27-2)16(11-14)21-28(3,25)26/h9-11,13,15,17,21H,4-8,12H2,1-3H3. The maximum Gasteiger partial charge on any atom is 0.325 e. The SMILES string of the molecule is COc1ccc(C2CN(C(=O)N(C)C3CCCCC3)C=N2)cc1NS(C)(=O)=O. The lowest BCUT2D eigenvalue weighted by atomic mass is 9.95. The molecule has 8 nitrogen and oxygen atoms in total. The summed E-state index contributed by atoms with van der Waals surface area (Å²) in [5.74, 6) is 0.432. The number of anilines is 1. The highest BCUT2D eigenvalue weighted by Crippen LogP contribution is 2.32. The zero-order valence-corrected chi connectivity index (χ0v) is 17.4. The number of nitrogens with zero attached hydrogens (tertiary/aromatic N) is 3. The molecule has 28 heavy (non-hydrogen) atoms. The smallest absolute Gasteiger partial charge is 0.325 e. The topological polar surface area (TPSA) is 91.3 Å². The van der Waals surface area contributed by atoms with Crippen LogP contribution in [0.5, 0.6) is 5.75 Å². The normalized spacial score (nSPS) is 20.2. The van der Waals surface area contributed by atoms with Crippen molar-refractivity contribution in [2.24, 2.45) is 4.99 Å². The first-order chi connectivity index (χ1) is 13.3. The molecule has 1 saturated carbocycles. The van der Waals surface area contributed by atoms with Crippen LogP contribution in [0.3, 0.4) is 0 Å². The van der Waals surface area contributed by atoms with E-state index < -0.39 is 10.0 Å². The van der Waals surface area contributed by atoms with Gasteiger partial charge >= 0.3 is 6.03 Å². The maximum atomic E-state index is 12.8. The molecule has 2 amide bonds. The molecule has 9 heteroatoms. The maximum absolute atomic E-state index is 12.8. The van der Waals surface area contributed by atoms with Crippen LogP contribution in [0.4, 0.5) is 10.5 Å². The molecule has 1 N–H and O–H groups in total. The summed E-state index contributed by atoms with van der Waals surface area (Å²) in [5, 5.41) is 0. The first kappa shape index (κ1) is 20.4. The molecular weight excluding hydrogens is 380 g/mol. The minimum Gasteiger partial charge on any atom is -0.495 e. The molecule has 1 atom stereocenters. The van der Waals surface area contributed by atoms with E-state index in [9.17, 15) is 13.2 Å². The Bertz CT molecular complexity index is 849. The largest absolute Gasteiger partial charge is 0.495 e. The van der Waals surface area contributed by atoms with Gasteiger partial charge in [-0.15, -0.1) is 0 Å². The average Bonchev–Trinajstić information content (AvgIpc) is 3.16. The summed E-state index contributed by atoms with van der Waals surface area (Å²) in [7, 11) is -0.0917. The highest BCUT2D eigenvalue weighted by Gasteiger charge is 2.30. The summed E-state index contributed by atoms with van der Waals surface area (Å²) in [6.45, 7) is 0.431. The number of nitrogens with one attached hydrogen (secondary N) is 1. The first-order valence-corrected chi connectivity index (χ1v) is 11.4. The molecule has 1 aromatic carbocycles. The van der Waals surface area contributed by atoms with E-state index in [4.69, 9.17) is 4.74 Å². The van der Waals surface area contributed by atoms with Gasteiger partial charge in [-0.25, -0.2) is 13.2 Å². The van der Waals surface area contributed by atoms with Crippen molar-refractivity contribution in [1.82, 2.24) is 9.80 Å². The number of ether oxygens (including phenoxy) is 1. The number of sulfonamides is 1. The van der Waals surface area contributed by atoms with Gasteiger partial charge in [-0.2, -0.15) is 0 Å². The number of benzene rings is 1. The zero-order valence-electron chi connectivity index (χ0n) is 16.6. The Labute approximate surface area is 166 Å². The van der Waals surface area contributed by atoms with Crippen LogP contribution in [0.25, 0.3) is 0 Å². The fourth-order valence-electron chi connectivity index (χ4n) is 3.80. The van der Waals surface area contributed by atoms with Crippen LogP contribution >= 0.6 is 0 Å². The van der Waals surface area contributed by atoms with Gasteiger partial charge in [0.25, 0.3) is 0 Å². The van der Waals surface area contributed by atoms with Gasteiger partial charge in [0.15, 0.2) is 0 Å². The van der Waals surface area contributed by atoms with Crippen molar-refractivity contribution in [3.63, 3.8) is 0 Å². The average molecular weight is 409 g/mol. The molecule has 1 aliphatic heterocycles. The van der Waals surface area contributed by atoms with Gasteiger partial charge in [0.05, 0.1) is 38.0 Å². The summed E-state index contributed by atoms with van der Waals surface area (Å²) in [5.41, 5.74) is 1.18. The Morgan fingerprint density at radius 1 is 1.29 bits per heavy atom. The van der Waals surface area contributed by atoms with E-state index in [-0.39, 0.29) is 12.1 Å². The Kier molecular flexibility index (Phi) is 6.12. The third kappa shape index (κ3) is 4.76. The summed E-state index contributed by atoms with van der Waals surface area (Å²) in [6.07, 6.45) is 8.36. The Balaban J connectivity index is 1.70. The number of urea groups is 1. The van der Waals surface area contributed by atoms with Crippen LogP contribution in [0, 0.1) is 0 Å². The van der Waals surface area contributed by atoms with Gasteiger partial charge in [-0.05, 0) is 30.5 Å². The number of aliphatic imine (C=N–C) groups is 1. The monoisotopic (exact) mass is 408 g/mol. The molecule has 1 unspecified atom stereocenters. The molecule has 1 heterocycles. The number of methoxy groups -OCH3 is 1. The van der Waals surface area contributed by atoms with Gasteiger partial charge in [0.2, 0.25) is 10.0 Å². The van der Waals surface area contributed by atoms with Crippen molar-refractivity contribution in [2.45, 2.75) is 44.2 Å². The summed E-state index contributed by atoms with van der Waals surface area (Å²) >= 11 is 0. The van der Waals surface area contributed by atoms with E-state index in [2.05, 4.69) is 9.71 Å². The highest BCUT2D eigenvalue weighted by atomic mass is 32.2. The molecule has 1 aliphatic carbocycles. The van der Waals surface area contributed by atoms with Crippen LogP contribution < -0.4 is 9.46 Å². The molecule has 3 rings (SSSR count). The van der Waals surface area contributed by atoms with Gasteiger partial charge in [-0.1, -0.05) is 25.3 Å². The predicted octanol–water partition coefficient (Wildman–Crippen LogP) is 2.84. The fraction of sp³-hybridized carbons (Fsp3) is 0.579. The van der Waals surface area contributed by atoms with Crippen molar-refractivity contribution in [3.8, 4) is 5.75 Å². The molecule has 154 valence electrons. The molecule has 2 aliphatic rings. The van der Waals surface area contributed by atoms with Crippen molar-refractivity contribution in [2.75, 3.05) is 31.7 Å². The lowest BCUT2D eigenvalue weighted by Crippen LogP contribution is -2.45. The quantitative estimate of drug-likeness (QED) is 0.811. The minimum absolute atomic E-state index is 0.0406. The van der Waals surface area contributed by atoms with E-state index in [1.165, 1.54) is 26.4 Å². The number of hydrogen-bond donors (Lipinski definition) is 1. The molecule has 0 radical (unpaired) electrons. The lowest BCUT2D eigenvalue weighted by molar-refractivity contribution is 0.155. The van der Waals surface area contributed by atoms with E-state index in [1.807, 2.05) is 18.0 Å². The second kappa shape index (κ2) is 8.38. The molecule has 0 aromatic heterocycles. The van der Waals surface area contributed by atoms with Crippen molar-refractivity contribution in [1.29, 1.82) is 0 Å². The second-order valence-electron chi connectivity index (χ2n) is 7.45. The van der Waals surface area contributed by atoms with E-state index in [0.717, 1.165) is 24.7 Å². The van der Waals surface area contributed by atoms with Crippen LogP contribution in [0.15, 0.2) is 23.2 Å². The third-order valence-electron chi connectivity index (χ3n) is 5.33. The lowest BCUT2D eigenvalue weighted by Gasteiger charge is -2.33. The Hall–Kier alpha value is -2.29. The predicted molar refractivity (Wildman–Crippen MR) is 109 cm³/mol. The fourth-order valence-corrected chi connectivity index (χ4v) is 4.36. The number of carbonyl (C=O) groups is 1. The molecular formula is C19H28N4O4S. The van der Waals surface area contributed by atoms with E-state index in [0.29, 0.717) is 24.0 Å². The van der Waals surface area contributed by atoms with Crippen LogP contribution in [0.1, 0.15) is 43.7 Å². The zero-order chi connectivity index (χ0) is 20.3. The number of carbonyl (C=O) groups excluding carboxylic acids is 1. The van der Waals surface area contributed by atoms with Crippen molar-refractivity contribution >= 4 is 28.1 Å². The molecule has 1 aromatic rings. The summed E-state index contributed by atoms with van der Waals surface area (Å²) in [6, 6.07) is 5.27. The highest BCUT2D eigenvalue weighted by molar-refractivity contribution is 7.92. The molecule has 0 spiro atoms. The number of rotatable bonds is 5. The summed E-state index contributed by atoms with van der Waals surface area (Å²) < 4.78 is 30.9. The van der Waals surface area contributed by atoms with Crippen molar-refractivity contribution in [3.05, 3.63) is 23.8 Å². The second-order valence-corrected chi connectivity index (χ2v) is 9.20. The first-order valence-electron chi connectivity index (χ1n) is 9.51. The van der Waals surface area contributed by atoms with E-state index in [1.54, 1.807) is 23.4 Å². The minimum atomic E-state index is -3.44. The summed E-state index contributed by atoms with van der Waals surface area (Å²) in [4.78, 5) is 20.8. The van der Waals surface area contributed by atoms with Gasteiger partial charge in [0, 0.05) is 13.1 Å².